The number of amides is 2. The molecule has 1 aromatic heterocycles. The van der Waals surface area contributed by atoms with Crippen molar-refractivity contribution in [3.05, 3.63) is 93.4 Å². The number of ketones is 1. The predicted molar refractivity (Wildman–Crippen MR) is 149 cm³/mol. The number of aliphatic carboxylic acids is 1. The van der Waals surface area contributed by atoms with E-state index in [2.05, 4.69) is 5.32 Å². The first-order valence-electron chi connectivity index (χ1n) is 12.6. The van der Waals surface area contributed by atoms with Gasteiger partial charge in [-0.15, -0.1) is 0 Å². The number of nitrogens with zero attached hydrogens (tertiary/aromatic N) is 2. The summed E-state index contributed by atoms with van der Waals surface area (Å²) >= 11 is 0. The number of hydrogen-bond donors (Lipinski definition) is 4. The molecule has 0 aliphatic rings. The van der Waals surface area contributed by atoms with Gasteiger partial charge in [-0.1, -0.05) is 36.4 Å². The maximum absolute atomic E-state index is 13.7. The largest absolute Gasteiger partial charge is 0.508 e. The first-order chi connectivity index (χ1) is 19.4. The van der Waals surface area contributed by atoms with Gasteiger partial charge in [0, 0.05) is 31.0 Å². The second kappa shape index (κ2) is 13.3. The van der Waals surface area contributed by atoms with Gasteiger partial charge in [0.2, 0.25) is 11.8 Å². The maximum Gasteiger partial charge on any atom is 0.329 e. The SMILES string of the molecule is CC(=O)c1cc(O)ccc1C[C@H](N)C(=O)Nc1ccc(Cc2ccccc2)n(N(C(C)=O)C(CC=O)C(=O)O)c1=O. The quantitative estimate of drug-likeness (QED) is 0.187. The lowest BCUT2D eigenvalue weighted by atomic mass is 9.97. The van der Waals surface area contributed by atoms with Crippen LogP contribution in [0.3, 0.4) is 0 Å². The van der Waals surface area contributed by atoms with Crippen molar-refractivity contribution in [3.8, 4) is 5.75 Å². The van der Waals surface area contributed by atoms with Gasteiger partial charge in [-0.2, -0.15) is 0 Å². The van der Waals surface area contributed by atoms with Crippen LogP contribution in [0.4, 0.5) is 5.69 Å². The average Bonchev–Trinajstić information content (AvgIpc) is 2.92. The van der Waals surface area contributed by atoms with Crippen molar-refractivity contribution in [2.75, 3.05) is 10.3 Å². The van der Waals surface area contributed by atoms with Crippen molar-refractivity contribution < 1.29 is 34.2 Å². The second-order valence-corrected chi connectivity index (χ2v) is 9.34. The Kier molecular flexibility index (Phi) is 9.88. The van der Waals surface area contributed by atoms with Crippen LogP contribution in [0.15, 0.2) is 65.5 Å². The molecule has 0 aliphatic heterocycles. The van der Waals surface area contributed by atoms with Crippen molar-refractivity contribution in [2.24, 2.45) is 5.73 Å². The number of rotatable bonds is 12. The van der Waals surface area contributed by atoms with Gasteiger partial charge in [0.25, 0.3) is 5.56 Å². The molecule has 12 nitrogen and oxygen atoms in total. The average molecular weight is 563 g/mol. The van der Waals surface area contributed by atoms with Crippen molar-refractivity contribution >= 4 is 35.5 Å². The second-order valence-electron chi connectivity index (χ2n) is 9.34. The highest BCUT2D eigenvalue weighted by atomic mass is 16.4. The first-order valence-corrected chi connectivity index (χ1v) is 12.6. The monoisotopic (exact) mass is 562 g/mol. The number of nitrogens with one attached hydrogen (secondary N) is 1. The van der Waals surface area contributed by atoms with Crippen LogP contribution in [0.25, 0.3) is 0 Å². The Morgan fingerprint density at radius 3 is 2.32 bits per heavy atom. The zero-order valence-corrected chi connectivity index (χ0v) is 22.4. The molecule has 2 amide bonds. The molecule has 0 spiro atoms. The van der Waals surface area contributed by atoms with E-state index in [1.807, 2.05) is 0 Å². The molecular weight excluding hydrogens is 532 g/mol. The standard InChI is InChI=1S/C29H30N4O8/c1-17(35)23-16-22(37)10-8-20(23)15-24(30)27(38)31-25-11-9-21(14-19-6-4-3-5-7-19)33(28(25)39)32(18(2)36)26(12-13-34)29(40)41/h3-11,13,16,24,26,37H,12,14-15,30H2,1-2H3,(H,31,38)(H,40,41)/t24-,26?/m0/s1. The molecule has 1 unspecified atom stereocenters. The summed E-state index contributed by atoms with van der Waals surface area (Å²) in [6.07, 6.45) is -0.227. The molecular formula is C29H30N4O8. The Bertz CT molecular complexity index is 1530. The van der Waals surface area contributed by atoms with E-state index < -0.39 is 41.8 Å². The molecule has 1 heterocycles. The number of carbonyl (C=O) groups excluding carboxylic acids is 4. The number of aromatic nitrogens is 1. The Morgan fingerprint density at radius 1 is 1.05 bits per heavy atom. The number of benzene rings is 2. The third-order valence-electron chi connectivity index (χ3n) is 6.31. The van der Waals surface area contributed by atoms with Gasteiger partial charge in [0.05, 0.1) is 6.04 Å². The van der Waals surface area contributed by atoms with Crippen LogP contribution in [-0.4, -0.2) is 56.8 Å². The number of carboxylic acid groups (broad SMARTS) is 1. The smallest absolute Gasteiger partial charge is 0.329 e. The summed E-state index contributed by atoms with van der Waals surface area (Å²) in [5.41, 5.74) is 6.45. The molecule has 0 saturated carbocycles. The van der Waals surface area contributed by atoms with Crippen molar-refractivity contribution in [1.82, 2.24) is 4.68 Å². The Morgan fingerprint density at radius 2 is 1.73 bits per heavy atom. The van der Waals surface area contributed by atoms with E-state index in [-0.39, 0.29) is 41.3 Å². The first kappa shape index (κ1) is 30.4. The third kappa shape index (κ3) is 7.31. The van der Waals surface area contributed by atoms with Crippen molar-refractivity contribution in [2.45, 2.75) is 45.2 Å². The molecule has 2 atom stereocenters. The van der Waals surface area contributed by atoms with E-state index in [0.717, 1.165) is 17.2 Å². The number of aldehydes is 1. The minimum atomic E-state index is -1.69. The number of carbonyl (C=O) groups is 5. The third-order valence-corrected chi connectivity index (χ3v) is 6.31. The van der Waals surface area contributed by atoms with E-state index in [1.165, 1.54) is 37.3 Å². The fraction of sp³-hybridized carbons (Fsp3) is 0.241. The van der Waals surface area contributed by atoms with Crippen molar-refractivity contribution in [1.29, 1.82) is 0 Å². The lowest BCUT2D eigenvalue weighted by molar-refractivity contribution is -0.141. The van der Waals surface area contributed by atoms with Crippen LogP contribution in [0.2, 0.25) is 0 Å². The number of phenols is 1. The number of aromatic hydroxyl groups is 1. The van der Waals surface area contributed by atoms with Gasteiger partial charge in [0.1, 0.15) is 17.7 Å². The summed E-state index contributed by atoms with van der Waals surface area (Å²) in [7, 11) is 0. The number of hydrogen-bond acceptors (Lipinski definition) is 8. The Hall–Kier alpha value is -5.10. The van der Waals surface area contributed by atoms with E-state index >= 15 is 0 Å². The highest BCUT2D eigenvalue weighted by molar-refractivity contribution is 5.98. The molecule has 0 saturated heterocycles. The fourth-order valence-corrected chi connectivity index (χ4v) is 4.36. The number of Topliss-reactive ketones (excluding diaryl/α,β-unsaturated/α-hetero) is 1. The van der Waals surface area contributed by atoms with Gasteiger partial charge >= 0.3 is 5.97 Å². The zero-order valence-electron chi connectivity index (χ0n) is 22.4. The van der Waals surface area contributed by atoms with Crippen LogP contribution in [0.5, 0.6) is 5.75 Å². The lowest BCUT2D eigenvalue weighted by Gasteiger charge is -2.31. The van der Waals surface area contributed by atoms with Crippen LogP contribution in [0.1, 0.15) is 47.4 Å². The Balaban J connectivity index is 2.04. The molecule has 3 rings (SSSR count). The van der Waals surface area contributed by atoms with Gasteiger partial charge in [0.15, 0.2) is 11.8 Å². The number of anilines is 1. The Labute approximate surface area is 235 Å². The molecule has 12 heteroatoms. The maximum atomic E-state index is 13.7. The summed E-state index contributed by atoms with van der Waals surface area (Å²) in [5.74, 6) is -3.58. The minimum absolute atomic E-state index is 0.0959. The number of phenolic OH excluding ortho intramolecular Hbond substituents is 1. The predicted octanol–water partition coefficient (Wildman–Crippen LogP) is 1.38. The molecule has 0 fully saturated rings. The molecule has 3 aromatic rings. The van der Waals surface area contributed by atoms with E-state index in [0.29, 0.717) is 16.9 Å². The van der Waals surface area contributed by atoms with E-state index in [9.17, 15) is 39.0 Å². The van der Waals surface area contributed by atoms with Gasteiger partial charge in [-0.3, -0.25) is 19.2 Å². The van der Waals surface area contributed by atoms with E-state index in [4.69, 9.17) is 5.73 Å². The number of nitrogens with two attached hydrogens (primary N) is 1. The summed E-state index contributed by atoms with van der Waals surface area (Å²) in [4.78, 5) is 74.7. The topological polar surface area (TPSA) is 189 Å². The summed E-state index contributed by atoms with van der Waals surface area (Å²) in [6.45, 7) is 2.37. The molecule has 0 radical (unpaired) electrons. The van der Waals surface area contributed by atoms with Gasteiger partial charge in [-0.25, -0.2) is 14.5 Å². The molecule has 214 valence electrons. The minimum Gasteiger partial charge on any atom is -0.508 e. The normalized spacial score (nSPS) is 12.2. The zero-order chi connectivity index (χ0) is 30.3. The van der Waals surface area contributed by atoms with Crippen molar-refractivity contribution in [3.63, 3.8) is 0 Å². The highest BCUT2D eigenvalue weighted by Crippen LogP contribution is 2.19. The van der Waals surface area contributed by atoms with Gasteiger partial charge in [-0.05, 0) is 48.7 Å². The summed E-state index contributed by atoms with van der Waals surface area (Å²) in [6, 6.07) is 12.8. The molecule has 41 heavy (non-hydrogen) atoms. The molecule has 2 aromatic carbocycles. The van der Waals surface area contributed by atoms with Crippen LogP contribution < -0.4 is 21.6 Å². The lowest BCUT2D eigenvalue weighted by Crippen LogP contribution is -2.56. The fourth-order valence-electron chi connectivity index (χ4n) is 4.36. The molecule has 0 aliphatic carbocycles. The highest BCUT2D eigenvalue weighted by Gasteiger charge is 2.32. The van der Waals surface area contributed by atoms with Crippen LogP contribution >= 0.6 is 0 Å². The van der Waals surface area contributed by atoms with Crippen LogP contribution in [0, 0.1) is 0 Å². The summed E-state index contributed by atoms with van der Waals surface area (Å²) < 4.78 is 0.854. The van der Waals surface area contributed by atoms with Gasteiger partial charge < -0.3 is 26.1 Å². The van der Waals surface area contributed by atoms with E-state index in [1.54, 1.807) is 30.3 Å². The number of carboxylic acids is 1. The molecule has 0 bridgehead atoms. The number of pyridine rings is 1. The summed E-state index contributed by atoms with van der Waals surface area (Å²) in [5, 5.41) is 22.6. The molecule has 5 N–H and O–H groups in total. The van der Waals surface area contributed by atoms with Crippen LogP contribution in [-0.2, 0) is 32.0 Å².